The van der Waals surface area contributed by atoms with Gasteiger partial charge in [0.2, 0.25) is 0 Å². The molecule has 0 bridgehead atoms. The minimum absolute atomic E-state index is 0.358. The number of aromatic nitrogens is 2. The van der Waals surface area contributed by atoms with Gasteiger partial charge in [0.05, 0.1) is 18.9 Å². The molecule has 1 fully saturated rings. The van der Waals surface area contributed by atoms with E-state index < -0.39 is 0 Å². The molecular weight excluding hydrogens is 252 g/mol. The number of nitrogens with one attached hydrogen (secondary N) is 1. The zero-order valence-electron chi connectivity index (χ0n) is 13.3. The first-order chi connectivity index (χ1) is 9.63. The Hall–Kier alpha value is -0.910. The van der Waals surface area contributed by atoms with E-state index in [2.05, 4.69) is 47.7 Å². The summed E-state index contributed by atoms with van der Waals surface area (Å²) in [5.41, 5.74) is 3.79. The molecule has 1 N–H and O–H groups in total. The summed E-state index contributed by atoms with van der Waals surface area (Å²) in [6, 6.07) is 0.358. The van der Waals surface area contributed by atoms with Gasteiger partial charge in [0.25, 0.3) is 0 Å². The summed E-state index contributed by atoms with van der Waals surface area (Å²) in [5, 5.41) is 8.23. The Labute approximate surface area is 122 Å². The Bertz CT molecular complexity index is 424. The van der Waals surface area contributed by atoms with Crippen molar-refractivity contribution in [2.24, 2.45) is 0 Å². The van der Waals surface area contributed by atoms with Crippen molar-refractivity contribution in [2.45, 2.75) is 40.3 Å². The second-order valence-electron chi connectivity index (χ2n) is 5.53. The molecule has 1 aromatic rings. The average Bonchev–Trinajstić information content (AvgIpc) is 2.74. The molecule has 0 spiro atoms. The minimum Gasteiger partial charge on any atom is -0.379 e. The van der Waals surface area contributed by atoms with Gasteiger partial charge in [-0.05, 0) is 27.7 Å². The van der Waals surface area contributed by atoms with E-state index in [1.165, 1.54) is 11.3 Å². The van der Waals surface area contributed by atoms with Gasteiger partial charge in [-0.15, -0.1) is 0 Å². The molecule has 1 atom stereocenters. The van der Waals surface area contributed by atoms with Crippen molar-refractivity contribution >= 4 is 0 Å². The highest BCUT2D eigenvalue weighted by Crippen LogP contribution is 2.21. The molecule has 5 nitrogen and oxygen atoms in total. The first kappa shape index (κ1) is 15.5. The summed E-state index contributed by atoms with van der Waals surface area (Å²) in [4.78, 5) is 2.46. The maximum absolute atomic E-state index is 5.37. The van der Waals surface area contributed by atoms with Crippen LogP contribution < -0.4 is 5.32 Å². The fraction of sp³-hybridized carbons (Fsp3) is 0.800. The number of hydrogen-bond donors (Lipinski definition) is 1. The van der Waals surface area contributed by atoms with Crippen molar-refractivity contribution in [2.75, 3.05) is 39.4 Å². The number of nitrogens with zero attached hydrogens (tertiary/aromatic N) is 3. The number of hydrogen-bond acceptors (Lipinski definition) is 4. The number of morpholine rings is 1. The van der Waals surface area contributed by atoms with Crippen LogP contribution in [-0.4, -0.2) is 54.1 Å². The highest BCUT2D eigenvalue weighted by molar-refractivity contribution is 5.27. The van der Waals surface area contributed by atoms with Gasteiger partial charge in [0.1, 0.15) is 0 Å². The Balaban J connectivity index is 1.85. The zero-order chi connectivity index (χ0) is 14.5. The molecule has 2 rings (SSSR count). The zero-order valence-corrected chi connectivity index (χ0v) is 13.3. The van der Waals surface area contributed by atoms with Crippen LogP contribution in [0.5, 0.6) is 0 Å². The van der Waals surface area contributed by atoms with Crippen LogP contribution in [0.4, 0.5) is 0 Å². The number of aryl methyl sites for hydroxylation is 2. The van der Waals surface area contributed by atoms with Crippen LogP contribution in [0.3, 0.4) is 0 Å². The Morgan fingerprint density at radius 2 is 2.00 bits per heavy atom. The lowest BCUT2D eigenvalue weighted by atomic mass is 10.1. The third kappa shape index (κ3) is 3.59. The van der Waals surface area contributed by atoms with Gasteiger partial charge >= 0.3 is 0 Å². The molecule has 1 aliphatic rings. The second-order valence-corrected chi connectivity index (χ2v) is 5.53. The normalized spacial score (nSPS) is 18.4. The largest absolute Gasteiger partial charge is 0.379 e. The minimum atomic E-state index is 0.358. The summed E-state index contributed by atoms with van der Waals surface area (Å²) in [7, 11) is 0. The molecule has 0 radical (unpaired) electrons. The van der Waals surface area contributed by atoms with Crippen molar-refractivity contribution in [1.82, 2.24) is 20.0 Å². The summed E-state index contributed by atoms with van der Waals surface area (Å²) < 4.78 is 7.46. The van der Waals surface area contributed by atoms with Crippen LogP contribution in [-0.2, 0) is 11.3 Å². The second kappa shape index (κ2) is 7.20. The standard InChI is InChI=1S/C15H28N4O/c1-5-19-14(4)15(13(3)17-19)12(2)16-6-7-18-8-10-20-11-9-18/h12,16H,5-11H2,1-4H3. The van der Waals surface area contributed by atoms with Gasteiger partial charge in [0.15, 0.2) is 0 Å². The molecule has 0 saturated carbocycles. The number of rotatable bonds is 6. The molecule has 1 aromatic heterocycles. The van der Waals surface area contributed by atoms with E-state index in [-0.39, 0.29) is 0 Å². The third-order valence-corrected chi connectivity index (χ3v) is 4.15. The van der Waals surface area contributed by atoms with Crippen molar-refractivity contribution < 1.29 is 4.74 Å². The Kier molecular flexibility index (Phi) is 5.57. The summed E-state index contributed by atoms with van der Waals surface area (Å²) in [6.45, 7) is 15.5. The van der Waals surface area contributed by atoms with Crippen LogP contribution in [0.2, 0.25) is 0 Å². The Morgan fingerprint density at radius 1 is 1.30 bits per heavy atom. The lowest BCUT2D eigenvalue weighted by Gasteiger charge is -2.27. The fourth-order valence-electron chi connectivity index (χ4n) is 3.01. The van der Waals surface area contributed by atoms with Crippen molar-refractivity contribution in [3.8, 4) is 0 Å². The third-order valence-electron chi connectivity index (χ3n) is 4.15. The van der Waals surface area contributed by atoms with E-state index in [4.69, 9.17) is 4.74 Å². The molecule has 1 unspecified atom stereocenters. The molecule has 1 aliphatic heterocycles. The summed E-state index contributed by atoms with van der Waals surface area (Å²) in [6.07, 6.45) is 0. The lowest BCUT2D eigenvalue weighted by molar-refractivity contribution is 0.0382. The van der Waals surface area contributed by atoms with Gasteiger partial charge in [-0.25, -0.2) is 0 Å². The predicted molar refractivity (Wildman–Crippen MR) is 81.1 cm³/mol. The van der Waals surface area contributed by atoms with E-state index in [9.17, 15) is 0 Å². The highest BCUT2D eigenvalue weighted by Gasteiger charge is 2.17. The summed E-state index contributed by atoms with van der Waals surface area (Å²) >= 11 is 0. The molecule has 0 amide bonds. The van der Waals surface area contributed by atoms with E-state index in [1.54, 1.807) is 0 Å². The average molecular weight is 280 g/mol. The van der Waals surface area contributed by atoms with Crippen LogP contribution in [0.25, 0.3) is 0 Å². The van der Waals surface area contributed by atoms with Gasteiger partial charge in [-0.3, -0.25) is 9.58 Å². The molecule has 114 valence electrons. The van der Waals surface area contributed by atoms with Gasteiger partial charge in [-0.1, -0.05) is 0 Å². The molecule has 0 aromatic carbocycles. The topological polar surface area (TPSA) is 42.3 Å². The van der Waals surface area contributed by atoms with Crippen molar-refractivity contribution in [3.05, 3.63) is 17.0 Å². The monoisotopic (exact) mass is 280 g/mol. The SMILES string of the molecule is CCn1nc(C)c(C(C)NCCN2CCOCC2)c1C. The van der Waals surface area contributed by atoms with E-state index in [0.29, 0.717) is 6.04 Å². The van der Waals surface area contributed by atoms with Crippen LogP contribution in [0.15, 0.2) is 0 Å². The van der Waals surface area contributed by atoms with Crippen molar-refractivity contribution in [1.29, 1.82) is 0 Å². The molecule has 5 heteroatoms. The van der Waals surface area contributed by atoms with E-state index >= 15 is 0 Å². The van der Waals surface area contributed by atoms with E-state index in [0.717, 1.165) is 51.6 Å². The van der Waals surface area contributed by atoms with Crippen LogP contribution >= 0.6 is 0 Å². The quantitative estimate of drug-likeness (QED) is 0.857. The highest BCUT2D eigenvalue weighted by atomic mass is 16.5. The van der Waals surface area contributed by atoms with Crippen molar-refractivity contribution in [3.63, 3.8) is 0 Å². The van der Waals surface area contributed by atoms with Gasteiger partial charge < -0.3 is 10.1 Å². The molecule has 0 aliphatic carbocycles. The lowest BCUT2D eigenvalue weighted by Crippen LogP contribution is -2.40. The Morgan fingerprint density at radius 3 is 2.60 bits per heavy atom. The first-order valence-electron chi connectivity index (χ1n) is 7.70. The smallest absolute Gasteiger partial charge is 0.0644 e. The molecular formula is C15H28N4O. The van der Waals surface area contributed by atoms with Crippen LogP contribution in [0.1, 0.15) is 36.8 Å². The first-order valence-corrected chi connectivity index (χ1v) is 7.70. The fourth-order valence-corrected chi connectivity index (χ4v) is 3.01. The van der Waals surface area contributed by atoms with Gasteiger partial charge in [-0.2, -0.15) is 5.10 Å². The summed E-state index contributed by atoms with van der Waals surface area (Å²) in [5.74, 6) is 0. The predicted octanol–water partition coefficient (Wildman–Crippen LogP) is 1.50. The van der Waals surface area contributed by atoms with Gasteiger partial charge in [0, 0.05) is 50.0 Å². The molecule has 20 heavy (non-hydrogen) atoms. The van der Waals surface area contributed by atoms with Crippen LogP contribution in [0, 0.1) is 13.8 Å². The van der Waals surface area contributed by atoms with E-state index in [1.807, 2.05) is 0 Å². The molecule has 1 saturated heterocycles. The number of ether oxygens (including phenoxy) is 1. The maximum Gasteiger partial charge on any atom is 0.0644 e. The molecule has 2 heterocycles. The maximum atomic E-state index is 5.37.